The maximum atomic E-state index is 12.3. The molecule has 318 valence electrons. The predicted octanol–water partition coefficient (Wildman–Crippen LogP) is -3.40. The third-order valence-electron chi connectivity index (χ3n) is 9.55. The van der Waals surface area contributed by atoms with Crippen molar-refractivity contribution in [1.29, 1.82) is 0 Å². The van der Waals surface area contributed by atoms with E-state index in [2.05, 4.69) is 46.2 Å². The predicted molar refractivity (Wildman–Crippen MR) is 217 cm³/mol. The van der Waals surface area contributed by atoms with Gasteiger partial charge in [0.1, 0.15) is 71.3 Å². The number of halogens is 1. The molecule has 2 aromatic heterocycles. The van der Waals surface area contributed by atoms with Gasteiger partial charge in [-0.2, -0.15) is 0 Å². The summed E-state index contributed by atoms with van der Waals surface area (Å²) in [4.78, 5) is 61.8. The van der Waals surface area contributed by atoms with Gasteiger partial charge in [-0.05, 0) is 47.5 Å². The molecule has 1 aliphatic rings. The van der Waals surface area contributed by atoms with E-state index in [1.165, 1.54) is 47.5 Å². The molecule has 4 aromatic carbocycles. The number of aliphatic hydroxyl groups is 1. The Morgan fingerprint density at radius 3 is 1.67 bits per heavy atom. The van der Waals surface area contributed by atoms with E-state index in [0.29, 0.717) is 6.61 Å². The first-order valence-electron chi connectivity index (χ1n) is 18.9. The topological polar surface area (TPSA) is 232 Å². The number of fused-ring (bicyclic) bond motifs is 2. The number of carbonyl (C=O) groups is 3. The fourth-order valence-electron chi connectivity index (χ4n) is 6.71. The van der Waals surface area contributed by atoms with E-state index in [1.807, 2.05) is 18.2 Å². The number of rotatable bonds is 16. The van der Waals surface area contributed by atoms with Crippen LogP contribution in [0.5, 0.6) is 11.5 Å². The molecule has 1 aliphatic heterocycles. The Balaban J connectivity index is 0.000000275. The monoisotopic (exact) mass is 900 g/mol. The first-order valence-corrected chi connectivity index (χ1v) is 19.3. The van der Waals surface area contributed by atoms with E-state index in [4.69, 9.17) is 39.8 Å². The minimum absolute atomic E-state index is 0. The van der Waals surface area contributed by atoms with E-state index >= 15 is 0 Å². The molecule has 0 radical (unpaired) electrons. The number of piperazine rings is 1. The molecule has 6 aromatic rings. The van der Waals surface area contributed by atoms with Gasteiger partial charge < -0.3 is 53.1 Å². The Bertz CT molecular complexity index is 2490. The summed E-state index contributed by atoms with van der Waals surface area (Å²) in [6, 6.07) is 29.0. The van der Waals surface area contributed by atoms with Crippen LogP contribution >= 0.6 is 11.6 Å². The standard InChI is InChI=1S/C23H16O11.C21H25ClN2O3.2Na/c24-11(9-31-14-3-1-5-16-20(14)12(25)7-18(33-16)22(27)28)10-32-15-4-2-6-17-21(15)13(26)8-19(34-17)23(29)30;22-19-8-6-18(7-9-19)21(17-4-2-1-3-5-17)24-12-10-23(11-13-24)14-15-27-16-20(25)26;;/h1-8,11,24H,9-10H2,(H,27,28)(H,29,30);1-9,21H,10-16H2,(H,25,26);;/q;;2*+1/p-2. The number of nitrogens with zero attached hydrogens (tertiary/aromatic N) is 2. The van der Waals surface area contributed by atoms with Gasteiger partial charge in [-0.1, -0.05) is 66.2 Å². The molecule has 0 aliphatic carbocycles. The summed E-state index contributed by atoms with van der Waals surface area (Å²) in [6.45, 7) is 4.10. The van der Waals surface area contributed by atoms with Crippen molar-refractivity contribution in [1.82, 2.24) is 9.80 Å². The molecule has 1 atom stereocenters. The molecule has 19 heteroatoms. The minimum atomic E-state index is -1.64. The Labute approximate surface area is 409 Å². The fourth-order valence-corrected chi connectivity index (χ4v) is 6.84. The maximum Gasteiger partial charge on any atom is 1.00 e. The molecule has 2 N–H and O–H groups in total. The van der Waals surface area contributed by atoms with Crippen LogP contribution in [0.3, 0.4) is 0 Å². The molecular formula is C44H39ClN2Na2O14. The SMILES string of the molecule is O=C(O)COCCN1CCN(C(c2ccccc2)c2ccc(Cl)cc2)CC1.O=C([O-])c1cc(=O)c2c(OCC(O)COc3cccc4oc(C(=O)[O-])cc(=O)c34)cccc2o1.[Na+].[Na+]. The first kappa shape index (κ1) is 51.1. The number of aliphatic carboxylic acids is 1. The Kier molecular flexibility index (Phi) is 19.9. The van der Waals surface area contributed by atoms with Crippen molar-refractivity contribution >= 4 is 51.4 Å². The van der Waals surface area contributed by atoms with E-state index in [1.54, 1.807) is 0 Å². The molecular weight excluding hydrogens is 862 g/mol. The van der Waals surface area contributed by atoms with Gasteiger partial charge in [-0.15, -0.1) is 0 Å². The van der Waals surface area contributed by atoms with Crippen molar-refractivity contribution < 1.29 is 117 Å². The molecule has 1 fully saturated rings. The molecule has 0 amide bonds. The number of aromatic carboxylic acids is 2. The van der Waals surface area contributed by atoms with Crippen LogP contribution in [-0.2, 0) is 9.53 Å². The summed E-state index contributed by atoms with van der Waals surface area (Å²) in [5.41, 5.74) is 1.11. The second-order valence-corrected chi connectivity index (χ2v) is 14.2. The number of carbonyl (C=O) groups excluding carboxylic acids is 2. The molecule has 16 nitrogen and oxygen atoms in total. The summed E-state index contributed by atoms with van der Waals surface area (Å²) in [7, 11) is 0. The molecule has 0 saturated carbocycles. The van der Waals surface area contributed by atoms with Crippen molar-refractivity contribution in [3.05, 3.63) is 151 Å². The van der Waals surface area contributed by atoms with Gasteiger partial charge in [-0.3, -0.25) is 19.4 Å². The largest absolute Gasteiger partial charge is 1.00 e. The van der Waals surface area contributed by atoms with Gasteiger partial charge >= 0.3 is 65.1 Å². The van der Waals surface area contributed by atoms with Crippen LogP contribution in [-0.4, -0.2) is 103 Å². The summed E-state index contributed by atoms with van der Waals surface area (Å²) >= 11 is 6.08. The van der Waals surface area contributed by atoms with E-state index in [9.17, 15) is 39.3 Å². The van der Waals surface area contributed by atoms with Crippen LogP contribution < -0.4 is 89.7 Å². The van der Waals surface area contributed by atoms with Crippen molar-refractivity contribution in [3.8, 4) is 11.5 Å². The number of aliphatic hydroxyl groups excluding tert-OH is 1. The van der Waals surface area contributed by atoms with Crippen molar-refractivity contribution in [3.63, 3.8) is 0 Å². The van der Waals surface area contributed by atoms with E-state index < -0.39 is 46.4 Å². The van der Waals surface area contributed by atoms with Crippen molar-refractivity contribution in [2.24, 2.45) is 0 Å². The van der Waals surface area contributed by atoms with Gasteiger partial charge in [0.05, 0.1) is 12.6 Å². The summed E-state index contributed by atoms with van der Waals surface area (Å²) in [6.07, 6.45) is -1.21. The Hall–Kier alpha value is -4.56. The first-order chi connectivity index (χ1) is 29.4. The van der Waals surface area contributed by atoms with Crippen LogP contribution in [0.4, 0.5) is 0 Å². The normalized spacial score (nSPS) is 13.3. The maximum absolute atomic E-state index is 12.3. The quantitative estimate of drug-likeness (QED) is 0.0712. The van der Waals surface area contributed by atoms with Crippen LogP contribution in [0.1, 0.15) is 38.3 Å². The van der Waals surface area contributed by atoms with Crippen LogP contribution in [0, 0.1) is 0 Å². The summed E-state index contributed by atoms with van der Waals surface area (Å²) in [5.74, 6) is -5.36. The second kappa shape index (κ2) is 24.5. The number of hydrogen-bond donors (Lipinski definition) is 2. The van der Waals surface area contributed by atoms with E-state index in [0.717, 1.165) is 49.9 Å². The number of benzene rings is 4. The third-order valence-corrected chi connectivity index (χ3v) is 9.80. The van der Waals surface area contributed by atoms with Crippen LogP contribution in [0.25, 0.3) is 21.9 Å². The molecule has 63 heavy (non-hydrogen) atoms. The molecule has 1 saturated heterocycles. The van der Waals surface area contributed by atoms with Gasteiger partial charge in [-0.25, -0.2) is 4.79 Å². The second-order valence-electron chi connectivity index (χ2n) is 13.7. The van der Waals surface area contributed by atoms with Gasteiger partial charge in [0.15, 0.2) is 22.4 Å². The zero-order chi connectivity index (χ0) is 43.5. The smallest absolute Gasteiger partial charge is 0.542 e. The van der Waals surface area contributed by atoms with Gasteiger partial charge in [0.25, 0.3) is 0 Å². The van der Waals surface area contributed by atoms with E-state index in [-0.39, 0.29) is 118 Å². The molecule has 3 heterocycles. The summed E-state index contributed by atoms with van der Waals surface area (Å²) < 4.78 is 26.4. The molecule has 1 unspecified atom stereocenters. The average molecular weight is 901 g/mol. The number of carboxylic acid groups (broad SMARTS) is 3. The average Bonchev–Trinajstić information content (AvgIpc) is 3.25. The fraction of sp³-hybridized carbons (Fsp3) is 0.250. The van der Waals surface area contributed by atoms with Crippen molar-refractivity contribution in [2.75, 3.05) is 59.2 Å². The van der Waals surface area contributed by atoms with Gasteiger partial charge in [0.2, 0.25) is 0 Å². The van der Waals surface area contributed by atoms with Crippen molar-refractivity contribution in [2.45, 2.75) is 12.1 Å². The molecule has 7 rings (SSSR count). The minimum Gasteiger partial charge on any atom is -0.542 e. The van der Waals surface area contributed by atoms with Crippen LogP contribution in [0.2, 0.25) is 5.02 Å². The van der Waals surface area contributed by atoms with Crippen LogP contribution in [0.15, 0.2) is 122 Å². The summed E-state index contributed by atoms with van der Waals surface area (Å²) in [5, 5.41) is 41.5. The van der Waals surface area contributed by atoms with Gasteiger partial charge in [0, 0.05) is 49.9 Å². The third kappa shape index (κ3) is 14.0. The zero-order valence-electron chi connectivity index (χ0n) is 34.4. The Morgan fingerprint density at radius 1 is 0.698 bits per heavy atom. The molecule has 0 spiro atoms. The number of carboxylic acids is 3. The zero-order valence-corrected chi connectivity index (χ0v) is 39.2. The number of ether oxygens (including phenoxy) is 3. The number of hydrogen-bond acceptors (Lipinski definition) is 15. The molecule has 0 bridgehead atoms. The Morgan fingerprint density at radius 2 is 1.19 bits per heavy atom.